The summed E-state index contributed by atoms with van der Waals surface area (Å²) in [5.74, 6) is -0.371. The second-order valence-corrected chi connectivity index (χ2v) is 4.68. The number of hydrogen-bond donors (Lipinski definition) is 2. The van der Waals surface area contributed by atoms with Gasteiger partial charge in [0.1, 0.15) is 5.75 Å². The third-order valence-electron chi connectivity index (χ3n) is 3.14. The van der Waals surface area contributed by atoms with E-state index in [-0.39, 0.29) is 12.4 Å². The number of carbonyl (C=O) groups is 1. The summed E-state index contributed by atoms with van der Waals surface area (Å²) in [5.41, 5.74) is 2.33. The Bertz CT molecular complexity index is 634. The van der Waals surface area contributed by atoms with Gasteiger partial charge < -0.3 is 14.9 Å². The lowest BCUT2D eigenvalue weighted by Gasteiger charge is -2.13. The van der Waals surface area contributed by atoms with E-state index in [1.54, 1.807) is 12.1 Å². The summed E-state index contributed by atoms with van der Waals surface area (Å²) in [6.07, 6.45) is 0.742. The molecule has 0 bridgehead atoms. The van der Waals surface area contributed by atoms with Crippen molar-refractivity contribution in [3.05, 3.63) is 53.6 Å². The zero-order chi connectivity index (χ0) is 15.2. The number of esters is 1. The molecule has 0 spiro atoms. The zero-order valence-electron chi connectivity index (χ0n) is 11.9. The second-order valence-electron chi connectivity index (χ2n) is 4.68. The Morgan fingerprint density at radius 2 is 1.90 bits per heavy atom. The highest BCUT2D eigenvalue weighted by molar-refractivity contribution is 5.98. The predicted octanol–water partition coefficient (Wildman–Crippen LogP) is 3.12. The number of carbonyl (C=O) groups excluding carboxylic acids is 1. The van der Waals surface area contributed by atoms with Crippen molar-refractivity contribution >= 4 is 5.97 Å². The molecule has 0 unspecified atom stereocenters. The fraction of sp³-hybridized carbons (Fsp3) is 0.235. The maximum Gasteiger partial charge on any atom is 0.338 e. The van der Waals surface area contributed by atoms with Gasteiger partial charge in [-0.25, -0.2) is 4.79 Å². The third-order valence-corrected chi connectivity index (χ3v) is 3.14. The summed E-state index contributed by atoms with van der Waals surface area (Å²) in [6.45, 7) is 2.13. The van der Waals surface area contributed by atoms with Gasteiger partial charge in [0, 0.05) is 5.56 Å². The zero-order valence-corrected chi connectivity index (χ0v) is 11.9. The van der Waals surface area contributed by atoms with Crippen molar-refractivity contribution in [1.82, 2.24) is 0 Å². The van der Waals surface area contributed by atoms with Gasteiger partial charge >= 0.3 is 5.97 Å². The highest BCUT2D eigenvalue weighted by Gasteiger charge is 2.16. The Kier molecular flexibility index (Phi) is 4.95. The molecule has 0 radical (unpaired) electrons. The van der Waals surface area contributed by atoms with Gasteiger partial charge in [-0.1, -0.05) is 31.2 Å². The van der Waals surface area contributed by atoms with Crippen molar-refractivity contribution in [3.8, 4) is 16.9 Å². The van der Waals surface area contributed by atoms with E-state index in [1.165, 1.54) is 18.2 Å². The summed E-state index contributed by atoms with van der Waals surface area (Å²) in [4.78, 5) is 12.1. The fourth-order valence-corrected chi connectivity index (χ4v) is 2.13. The van der Waals surface area contributed by atoms with Crippen molar-refractivity contribution in [2.24, 2.45) is 0 Å². The van der Waals surface area contributed by atoms with Gasteiger partial charge in [-0.2, -0.15) is 0 Å². The molecule has 0 fully saturated rings. The Morgan fingerprint density at radius 1 is 1.14 bits per heavy atom. The lowest BCUT2D eigenvalue weighted by atomic mass is 9.95. The average molecular weight is 286 g/mol. The first-order valence-electron chi connectivity index (χ1n) is 6.86. The minimum absolute atomic E-state index is 0.0600. The van der Waals surface area contributed by atoms with Gasteiger partial charge in [0.25, 0.3) is 0 Å². The van der Waals surface area contributed by atoms with Crippen LogP contribution in [-0.2, 0) is 11.3 Å². The average Bonchev–Trinajstić information content (AvgIpc) is 2.52. The van der Waals surface area contributed by atoms with Gasteiger partial charge in [-0.15, -0.1) is 0 Å². The Hall–Kier alpha value is -2.33. The number of aromatic hydroxyl groups is 1. The normalized spacial score (nSPS) is 10.4. The number of aliphatic hydroxyl groups excluding tert-OH is 1. The first-order valence-corrected chi connectivity index (χ1v) is 6.86. The molecule has 0 saturated carbocycles. The molecule has 2 rings (SSSR count). The number of hydrogen-bond acceptors (Lipinski definition) is 4. The number of benzene rings is 2. The first-order chi connectivity index (χ1) is 10.2. The van der Waals surface area contributed by atoms with Crippen LogP contribution in [0.15, 0.2) is 42.5 Å². The lowest BCUT2D eigenvalue weighted by Crippen LogP contribution is -2.08. The van der Waals surface area contributed by atoms with Crippen LogP contribution in [0.3, 0.4) is 0 Å². The molecular formula is C17H18O4. The molecule has 4 heteroatoms. The monoisotopic (exact) mass is 286 g/mol. The van der Waals surface area contributed by atoms with Crippen LogP contribution in [0.25, 0.3) is 11.1 Å². The van der Waals surface area contributed by atoms with Crippen LogP contribution in [0.1, 0.15) is 29.3 Å². The van der Waals surface area contributed by atoms with E-state index in [0.717, 1.165) is 6.42 Å². The standard InChI is InChI=1S/C17H18O4/c1-2-9-21-17(20)15-8-7-13(19)10-16(15)14-6-4-3-5-12(14)11-18/h3-8,10,18-19H,2,9,11H2,1H3. The second kappa shape index (κ2) is 6.90. The van der Waals surface area contributed by atoms with Crippen LogP contribution in [0.5, 0.6) is 5.75 Å². The molecule has 110 valence electrons. The van der Waals surface area contributed by atoms with Crippen molar-refractivity contribution in [1.29, 1.82) is 0 Å². The molecular weight excluding hydrogens is 268 g/mol. The van der Waals surface area contributed by atoms with E-state index < -0.39 is 5.97 Å². The number of aliphatic hydroxyl groups is 1. The van der Waals surface area contributed by atoms with E-state index in [2.05, 4.69) is 0 Å². The van der Waals surface area contributed by atoms with E-state index >= 15 is 0 Å². The molecule has 0 aliphatic rings. The first kappa shape index (κ1) is 15.1. The quantitative estimate of drug-likeness (QED) is 0.829. The highest BCUT2D eigenvalue weighted by atomic mass is 16.5. The largest absolute Gasteiger partial charge is 0.508 e. The number of rotatable bonds is 5. The molecule has 2 N–H and O–H groups in total. The van der Waals surface area contributed by atoms with E-state index in [1.807, 2.05) is 19.1 Å². The van der Waals surface area contributed by atoms with Crippen molar-refractivity contribution < 1.29 is 19.7 Å². The Labute approximate surface area is 123 Å². The van der Waals surface area contributed by atoms with E-state index in [9.17, 15) is 15.0 Å². The minimum atomic E-state index is -0.431. The molecule has 2 aromatic rings. The number of phenolic OH excluding ortho intramolecular Hbond substituents is 1. The van der Waals surface area contributed by atoms with Crippen molar-refractivity contribution in [2.75, 3.05) is 6.61 Å². The molecule has 0 amide bonds. The van der Waals surface area contributed by atoms with Crippen LogP contribution < -0.4 is 0 Å². The van der Waals surface area contributed by atoms with Crippen LogP contribution in [0.4, 0.5) is 0 Å². The topological polar surface area (TPSA) is 66.8 Å². The smallest absolute Gasteiger partial charge is 0.338 e. The molecule has 0 aromatic heterocycles. The molecule has 0 saturated heterocycles. The Balaban J connectivity index is 2.51. The van der Waals surface area contributed by atoms with Crippen molar-refractivity contribution in [2.45, 2.75) is 20.0 Å². The predicted molar refractivity (Wildman–Crippen MR) is 80.0 cm³/mol. The fourth-order valence-electron chi connectivity index (χ4n) is 2.13. The van der Waals surface area contributed by atoms with Gasteiger partial charge in [0.05, 0.1) is 18.8 Å². The van der Waals surface area contributed by atoms with Crippen LogP contribution >= 0.6 is 0 Å². The maximum atomic E-state index is 12.1. The van der Waals surface area contributed by atoms with Crippen molar-refractivity contribution in [3.63, 3.8) is 0 Å². The van der Waals surface area contributed by atoms with E-state index in [0.29, 0.717) is 28.9 Å². The van der Waals surface area contributed by atoms with Gasteiger partial charge in [0.2, 0.25) is 0 Å². The van der Waals surface area contributed by atoms with Crippen LogP contribution in [0.2, 0.25) is 0 Å². The van der Waals surface area contributed by atoms with Gasteiger partial charge in [-0.05, 0) is 35.7 Å². The summed E-state index contributed by atoms with van der Waals surface area (Å²) < 4.78 is 5.17. The van der Waals surface area contributed by atoms with Crippen LogP contribution in [0, 0.1) is 0 Å². The summed E-state index contributed by atoms with van der Waals surface area (Å²) >= 11 is 0. The molecule has 0 aliphatic carbocycles. The SMILES string of the molecule is CCCOC(=O)c1ccc(O)cc1-c1ccccc1CO. The molecule has 2 aromatic carbocycles. The van der Waals surface area contributed by atoms with E-state index in [4.69, 9.17) is 4.74 Å². The van der Waals surface area contributed by atoms with Crippen LogP contribution in [-0.4, -0.2) is 22.8 Å². The summed E-state index contributed by atoms with van der Waals surface area (Å²) in [7, 11) is 0. The molecule has 0 atom stereocenters. The molecule has 0 heterocycles. The van der Waals surface area contributed by atoms with Gasteiger partial charge in [-0.3, -0.25) is 0 Å². The molecule has 21 heavy (non-hydrogen) atoms. The number of ether oxygens (including phenoxy) is 1. The minimum Gasteiger partial charge on any atom is -0.508 e. The summed E-state index contributed by atoms with van der Waals surface area (Å²) in [6, 6.07) is 11.7. The number of phenols is 1. The molecule has 0 aliphatic heterocycles. The lowest BCUT2D eigenvalue weighted by molar-refractivity contribution is 0.0506. The third kappa shape index (κ3) is 3.41. The molecule has 4 nitrogen and oxygen atoms in total. The maximum absolute atomic E-state index is 12.1. The highest BCUT2D eigenvalue weighted by Crippen LogP contribution is 2.30. The van der Waals surface area contributed by atoms with Gasteiger partial charge in [0.15, 0.2) is 0 Å². The summed E-state index contributed by atoms with van der Waals surface area (Å²) in [5, 5.41) is 19.1. The Morgan fingerprint density at radius 3 is 2.62 bits per heavy atom.